The third-order valence-electron chi connectivity index (χ3n) is 3.06. The van der Waals surface area contributed by atoms with Crippen LogP contribution in [-0.4, -0.2) is 35.8 Å². The van der Waals surface area contributed by atoms with E-state index < -0.39 is 27.7 Å². The van der Waals surface area contributed by atoms with Crippen molar-refractivity contribution in [2.24, 2.45) is 0 Å². The van der Waals surface area contributed by atoms with E-state index in [2.05, 4.69) is 4.72 Å². The molecule has 1 aromatic carbocycles. The molecule has 0 fully saturated rings. The Kier molecular flexibility index (Phi) is 7.02. The Morgan fingerprint density at radius 3 is 2.39 bits per heavy atom. The van der Waals surface area contributed by atoms with Gasteiger partial charge in [0, 0.05) is 11.6 Å². The molecular weight excluding hydrogens is 318 g/mol. The summed E-state index contributed by atoms with van der Waals surface area (Å²) in [6.45, 7) is 7.43. The van der Waals surface area contributed by atoms with Crippen molar-refractivity contribution < 1.29 is 23.2 Å². The topological polar surface area (TPSA) is 73.9 Å². The van der Waals surface area contributed by atoms with Crippen LogP contribution in [0.25, 0.3) is 0 Å². The van der Waals surface area contributed by atoms with E-state index in [4.69, 9.17) is 14.2 Å². The van der Waals surface area contributed by atoms with Crippen molar-refractivity contribution in [3.05, 3.63) is 23.8 Å². The lowest BCUT2D eigenvalue weighted by atomic mass is 10.1. The average Bonchev–Trinajstić information content (AvgIpc) is 2.51. The van der Waals surface area contributed by atoms with E-state index in [1.807, 2.05) is 20.8 Å². The summed E-state index contributed by atoms with van der Waals surface area (Å²) < 4.78 is 30.3. The van der Waals surface area contributed by atoms with Gasteiger partial charge in [-0.05, 0) is 39.8 Å². The molecule has 0 unspecified atom stereocenters. The number of nitrogens with one attached hydrogen (secondary N) is 1. The van der Waals surface area contributed by atoms with Crippen LogP contribution < -0.4 is 14.2 Å². The maximum atomic E-state index is 12.4. The van der Waals surface area contributed by atoms with Crippen LogP contribution in [0.5, 0.6) is 11.5 Å². The number of esters is 1. The zero-order valence-electron chi connectivity index (χ0n) is 14.5. The highest BCUT2D eigenvalue weighted by molar-refractivity contribution is 7.84. The predicted molar refractivity (Wildman–Crippen MR) is 90.0 cm³/mol. The summed E-state index contributed by atoms with van der Waals surface area (Å²) in [5.41, 5.74) is 0.546. The molecule has 0 heterocycles. The van der Waals surface area contributed by atoms with Gasteiger partial charge in [-0.15, -0.1) is 0 Å². The van der Waals surface area contributed by atoms with Crippen molar-refractivity contribution in [1.82, 2.24) is 4.72 Å². The van der Waals surface area contributed by atoms with Gasteiger partial charge in [0.2, 0.25) is 0 Å². The van der Waals surface area contributed by atoms with Crippen LogP contribution in [0.1, 0.15) is 39.3 Å². The van der Waals surface area contributed by atoms with E-state index in [0.717, 1.165) is 0 Å². The third-order valence-corrected chi connectivity index (χ3v) is 4.62. The molecule has 0 aliphatic rings. The number of benzene rings is 1. The Labute approximate surface area is 140 Å². The first-order chi connectivity index (χ1) is 10.7. The summed E-state index contributed by atoms with van der Waals surface area (Å²) in [5.74, 6) is 0.555. The molecule has 130 valence electrons. The highest BCUT2D eigenvalue weighted by Gasteiger charge is 2.31. The lowest BCUT2D eigenvalue weighted by Crippen LogP contribution is -2.39. The van der Waals surface area contributed by atoms with Crippen molar-refractivity contribution in [1.29, 1.82) is 0 Å². The summed E-state index contributed by atoms with van der Waals surface area (Å²) >= 11 is 0. The molecule has 23 heavy (non-hydrogen) atoms. The van der Waals surface area contributed by atoms with Crippen molar-refractivity contribution in [3.63, 3.8) is 0 Å². The Morgan fingerprint density at radius 2 is 1.91 bits per heavy atom. The second-order valence-corrected chi connectivity index (χ2v) is 7.79. The fourth-order valence-electron chi connectivity index (χ4n) is 1.80. The first-order valence-corrected chi connectivity index (χ1v) is 8.46. The Bertz CT molecular complexity index is 568. The molecule has 0 saturated heterocycles. The first kappa shape index (κ1) is 19.4. The lowest BCUT2D eigenvalue weighted by Gasteiger charge is -2.24. The lowest BCUT2D eigenvalue weighted by molar-refractivity contribution is -0.145. The van der Waals surface area contributed by atoms with Crippen LogP contribution in [0.4, 0.5) is 0 Å². The van der Waals surface area contributed by atoms with Crippen LogP contribution in [0, 0.1) is 0 Å². The quantitative estimate of drug-likeness (QED) is 0.769. The fraction of sp³-hybridized carbons (Fsp3) is 0.562. The van der Waals surface area contributed by atoms with Gasteiger partial charge >= 0.3 is 5.97 Å². The minimum atomic E-state index is -1.45. The van der Waals surface area contributed by atoms with Gasteiger partial charge < -0.3 is 14.2 Å². The van der Waals surface area contributed by atoms with Gasteiger partial charge in [-0.25, -0.2) is 13.7 Å². The van der Waals surface area contributed by atoms with Crippen LogP contribution in [-0.2, 0) is 20.5 Å². The normalized spacial score (nSPS) is 14.0. The van der Waals surface area contributed by atoms with Gasteiger partial charge in [0.25, 0.3) is 0 Å². The van der Waals surface area contributed by atoms with Crippen LogP contribution in [0.15, 0.2) is 18.2 Å². The summed E-state index contributed by atoms with van der Waals surface area (Å²) in [5, 5.41) is 0. The van der Waals surface area contributed by atoms with Crippen LogP contribution in [0.2, 0.25) is 0 Å². The smallest absolute Gasteiger partial charge is 0.328 e. The summed E-state index contributed by atoms with van der Waals surface area (Å²) in [6, 6.07) is 4.19. The van der Waals surface area contributed by atoms with Gasteiger partial charge in [-0.1, -0.05) is 0 Å². The number of ether oxygens (including phenoxy) is 3. The molecule has 0 amide bonds. The number of carbonyl (C=O) groups excluding carboxylic acids is 1. The third kappa shape index (κ3) is 5.21. The maximum Gasteiger partial charge on any atom is 0.328 e. The summed E-state index contributed by atoms with van der Waals surface area (Å²) in [6.07, 6.45) is 0. The van der Waals surface area contributed by atoms with Gasteiger partial charge in [0.15, 0.2) is 0 Å². The molecule has 1 rings (SSSR count). The van der Waals surface area contributed by atoms with Crippen molar-refractivity contribution in [2.75, 3.05) is 20.8 Å². The van der Waals surface area contributed by atoms with E-state index in [1.165, 1.54) is 7.11 Å². The second kappa shape index (κ2) is 8.31. The number of hydrogen-bond donors (Lipinski definition) is 1. The van der Waals surface area contributed by atoms with E-state index in [9.17, 15) is 9.00 Å². The van der Waals surface area contributed by atoms with Crippen LogP contribution >= 0.6 is 0 Å². The number of methoxy groups -OCH3 is 2. The largest absolute Gasteiger partial charge is 0.497 e. The second-order valence-electron chi connectivity index (χ2n) is 5.79. The molecule has 6 nitrogen and oxygen atoms in total. The molecule has 0 aromatic heterocycles. The highest BCUT2D eigenvalue weighted by atomic mass is 32.2. The van der Waals surface area contributed by atoms with E-state index in [-0.39, 0.29) is 6.61 Å². The number of hydrogen-bond acceptors (Lipinski definition) is 5. The minimum Gasteiger partial charge on any atom is -0.497 e. The molecule has 0 aliphatic heterocycles. The molecule has 0 saturated carbocycles. The molecular formula is C16H25NO5S. The van der Waals surface area contributed by atoms with Crippen LogP contribution in [0.3, 0.4) is 0 Å². The Balaban J connectivity index is 3.24. The average molecular weight is 343 g/mol. The van der Waals surface area contributed by atoms with Gasteiger partial charge in [-0.2, -0.15) is 0 Å². The van der Waals surface area contributed by atoms with Crippen molar-refractivity contribution in [3.8, 4) is 11.5 Å². The fourth-order valence-corrected chi connectivity index (χ4v) is 2.60. The number of carbonyl (C=O) groups is 1. The van der Waals surface area contributed by atoms with Gasteiger partial charge in [0.05, 0.1) is 36.6 Å². The SMILES string of the molecule is CCOC(=O)[C@H](N[S@](=O)C(C)(C)C)c1ccc(OC)cc1OC. The van der Waals surface area contributed by atoms with Crippen molar-refractivity contribution >= 4 is 17.0 Å². The molecule has 2 atom stereocenters. The zero-order chi connectivity index (χ0) is 17.6. The molecule has 0 bridgehead atoms. The first-order valence-electron chi connectivity index (χ1n) is 7.31. The Morgan fingerprint density at radius 1 is 1.26 bits per heavy atom. The summed E-state index contributed by atoms with van der Waals surface area (Å²) in [4.78, 5) is 12.3. The standard InChI is InChI=1S/C16H25NO5S/c1-7-22-15(18)14(17-23(19)16(2,3)4)12-9-8-11(20-5)10-13(12)21-6/h8-10,14,17H,7H2,1-6H3/t14-,23-/m1/s1. The van der Waals surface area contributed by atoms with Gasteiger partial charge in [-0.3, -0.25) is 0 Å². The molecule has 0 aliphatic carbocycles. The number of rotatable bonds is 7. The maximum absolute atomic E-state index is 12.4. The Hall–Kier alpha value is -1.60. The molecule has 7 heteroatoms. The molecule has 1 N–H and O–H groups in total. The van der Waals surface area contributed by atoms with E-state index in [0.29, 0.717) is 17.1 Å². The highest BCUT2D eigenvalue weighted by Crippen LogP contribution is 2.31. The van der Waals surface area contributed by atoms with E-state index >= 15 is 0 Å². The summed E-state index contributed by atoms with van der Waals surface area (Å²) in [7, 11) is 1.60. The minimum absolute atomic E-state index is 0.234. The van der Waals surface area contributed by atoms with Gasteiger partial charge in [0.1, 0.15) is 17.5 Å². The monoisotopic (exact) mass is 343 g/mol. The predicted octanol–water partition coefficient (Wildman–Crippen LogP) is 2.36. The molecule has 0 spiro atoms. The molecule has 0 radical (unpaired) electrons. The van der Waals surface area contributed by atoms with Crippen molar-refractivity contribution in [2.45, 2.75) is 38.5 Å². The molecule has 1 aromatic rings. The zero-order valence-corrected chi connectivity index (χ0v) is 15.3. The van der Waals surface area contributed by atoms with E-state index in [1.54, 1.807) is 32.2 Å².